The van der Waals surface area contributed by atoms with Crippen molar-refractivity contribution in [3.8, 4) is 11.8 Å². The fraction of sp³-hybridized carbons (Fsp3) is 0.556. The second-order valence-corrected chi connectivity index (χ2v) is 6.47. The van der Waals surface area contributed by atoms with Crippen molar-refractivity contribution in [2.45, 2.75) is 25.9 Å². The maximum atomic E-state index is 12.5. The van der Waals surface area contributed by atoms with Crippen molar-refractivity contribution in [3.05, 3.63) is 29.8 Å². The number of rotatable bonds is 5. The first-order valence-electron chi connectivity index (χ1n) is 8.33. The van der Waals surface area contributed by atoms with Crippen LogP contribution in [0.1, 0.15) is 25.3 Å². The lowest BCUT2D eigenvalue weighted by atomic mass is 10.2. The van der Waals surface area contributed by atoms with Crippen LogP contribution in [-0.4, -0.2) is 54.5 Å². The van der Waals surface area contributed by atoms with Crippen molar-refractivity contribution < 1.29 is 9.53 Å². The molecule has 1 aliphatic heterocycles. The summed E-state index contributed by atoms with van der Waals surface area (Å²) in [4.78, 5) is 16.9. The van der Waals surface area contributed by atoms with Gasteiger partial charge in [-0.1, -0.05) is 0 Å². The zero-order valence-corrected chi connectivity index (χ0v) is 13.6. The Labute approximate surface area is 137 Å². The number of piperazine rings is 1. The number of ether oxygens (including phenoxy) is 1. The molecule has 0 bridgehead atoms. The largest absolute Gasteiger partial charge is 0.481 e. The lowest BCUT2D eigenvalue weighted by Crippen LogP contribution is -2.52. The predicted octanol–water partition coefficient (Wildman–Crippen LogP) is 1.88. The number of nitrogens with zero attached hydrogens (tertiary/aromatic N) is 3. The Morgan fingerprint density at radius 1 is 1.26 bits per heavy atom. The molecule has 1 aliphatic carbocycles. The molecule has 23 heavy (non-hydrogen) atoms. The number of nitriles is 1. The lowest BCUT2D eigenvalue weighted by molar-refractivity contribution is -0.139. The Kier molecular flexibility index (Phi) is 4.82. The summed E-state index contributed by atoms with van der Waals surface area (Å²) in [7, 11) is 0. The van der Waals surface area contributed by atoms with E-state index in [9.17, 15) is 4.79 Å². The van der Waals surface area contributed by atoms with Crippen molar-refractivity contribution in [3.63, 3.8) is 0 Å². The molecule has 3 rings (SSSR count). The van der Waals surface area contributed by atoms with Gasteiger partial charge in [0.2, 0.25) is 0 Å². The van der Waals surface area contributed by atoms with Crippen molar-refractivity contribution in [2.75, 3.05) is 32.7 Å². The number of carbonyl (C=O) groups is 1. The van der Waals surface area contributed by atoms with Gasteiger partial charge in [-0.25, -0.2) is 0 Å². The zero-order chi connectivity index (χ0) is 16.2. The summed E-state index contributed by atoms with van der Waals surface area (Å²) < 4.78 is 5.72. The van der Waals surface area contributed by atoms with E-state index in [0.717, 1.165) is 32.1 Å². The molecule has 2 aliphatic rings. The van der Waals surface area contributed by atoms with Gasteiger partial charge in [-0.2, -0.15) is 5.26 Å². The lowest BCUT2D eigenvalue weighted by Gasteiger charge is -2.35. The van der Waals surface area contributed by atoms with Crippen molar-refractivity contribution in [1.82, 2.24) is 9.80 Å². The van der Waals surface area contributed by atoms with Crippen LogP contribution >= 0.6 is 0 Å². The summed E-state index contributed by atoms with van der Waals surface area (Å²) in [6.45, 7) is 6.48. The van der Waals surface area contributed by atoms with E-state index in [4.69, 9.17) is 10.00 Å². The summed E-state index contributed by atoms with van der Waals surface area (Å²) in [6.07, 6.45) is 2.24. The van der Waals surface area contributed by atoms with Crippen LogP contribution in [0.2, 0.25) is 0 Å². The van der Waals surface area contributed by atoms with Gasteiger partial charge in [0.05, 0.1) is 11.6 Å². The predicted molar refractivity (Wildman–Crippen MR) is 87.0 cm³/mol. The van der Waals surface area contributed by atoms with Crippen molar-refractivity contribution in [2.24, 2.45) is 5.92 Å². The minimum Gasteiger partial charge on any atom is -0.481 e. The Balaban J connectivity index is 1.48. The number of hydrogen-bond acceptors (Lipinski definition) is 4. The van der Waals surface area contributed by atoms with Crippen LogP contribution in [-0.2, 0) is 4.79 Å². The van der Waals surface area contributed by atoms with Crippen LogP contribution < -0.4 is 4.74 Å². The third-order valence-electron chi connectivity index (χ3n) is 4.54. The summed E-state index contributed by atoms with van der Waals surface area (Å²) in [5.41, 5.74) is 0.586. The van der Waals surface area contributed by atoms with Crippen molar-refractivity contribution >= 4 is 5.91 Å². The molecule has 5 heteroatoms. The number of carbonyl (C=O) groups excluding carboxylic acids is 1. The quantitative estimate of drug-likeness (QED) is 0.833. The first-order valence-corrected chi connectivity index (χ1v) is 8.33. The highest BCUT2D eigenvalue weighted by Crippen LogP contribution is 2.30. The van der Waals surface area contributed by atoms with E-state index in [1.807, 2.05) is 4.90 Å². The van der Waals surface area contributed by atoms with Crippen LogP contribution in [0, 0.1) is 17.2 Å². The van der Waals surface area contributed by atoms with E-state index < -0.39 is 6.10 Å². The zero-order valence-electron chi connectivity index (χ0n) is 13.6. The maximum Gasteiger partial charge on any atom is 0.263 e. The van der Waals surface area contributed by atoms with Gasteiger partial charge in [0.25, 0.3) is 5.91 Å². The third kappa shape index (κ3) is 4.23. The highest BCUT2D eigenvalue weighted by atomic mass is 16.5. The Morgan fingerprint density at radius 2 is 1.91 bits per heavy atom. The second kappa shape index (κ2) is 7.01. The summed E-state index contributed by atoms with van der Waals surface area (Å²) >= 11 is 0. The van der Waals surface area contributed by atoms with Gasteiger partial charge in [-0.3, -0.25) is 9.69 Å². The van der Waals surface area contributed by atoms with Gasteiger partial charge in [-0.05, 0) is 49.9 Å². The SMILES string of the molecule is C[C@H](Oc1ccc(C#N)cc1)C(=O)N1CCN(CC2CC2)CC1. The molecule has 1 aromatic carbocycles. The fourth-order valence-corrected chi connectivity index (χ4v) is 2.94. The molecule has 1 atom stereocenters. The maximum absolute atomic E-state index is 12.5. The van der Waals surface area contributed by atoms with Crippen LogP contribution in [0.25, 0.3) is 0 Å². The second-order valence-electron chi connectivity index (χ2n) is 6.47. The van der Waals surface area contributed by atoms with E-state index in [1.165, 1.54) is 19.4 Å². The monoisotopic (exact) mass is 313 g/mol. The first kappa shape index (κ1) is 15.8. The molecule has 0 spiro atoms. The Bertz CT molecular complexity index is 581. The normalized spacial score (nSPS) is 19.9. The fourth-order valence-electron chi connectivity index (χ4n) is 2.94. The minimum atomic E-state index is -0.502. The molecular formula is C18H23N3O2. The Hall–Kier alpha value is -2.06. The molecule has 1 saturated carbocycles. The van der Waals surface area contributed by atoms with Gasteiger partial charge in [0, 0.05) is 32.7 Å². The molecule has 0 radical (unpaired) electrons. The minimum absolute atomic E-state index is 0.0421. The van der Waals surface area contributed by atoms with Gasteiger partial charge in [0.15, 0.2) is 6.10 Å². The van der Waals surface area contributed by atoms with Gasteiger partial charge >= 0.3 is 0 Å². The third-order valence-corrected chi connectivity index (χ3v) is 4.54. The number of hydrogen-bond donors (Lipinski definition) is 0. The van der Waals surface area contributed by atoms with Gasteiger partial charge in [0.1, 0.15) is 5.75 Å². The molecule has 1 heterocycles. The van der Waals surface area contributed by atoms with E-state index in [1.54, 1.807) is 31.2 Å². The van der Waals surface area contributed by atoms with E-state index >= 15 is 0 Å². The molecule has 122 valence electrons. The summed E-state index contributed by atoms with van der Waals surface area (Å²) in [5, 5.41) is 8.79. The van der Waals surface area contributed by atoms with Crippen LogP contribution in [0.5, 0.6) is 5.75 Å². The summed E-state index contributed by atoms with van der Waals surface area (Å²) in [5.74, 6) is 1.56. The molecule has 1 saturated heterocycles. The molecule has 0 unspecified atom stereocenters. The standard InChI is InChI=1S/C18H23N3O2/c1-14(23-17-6-4-15(12-19)5-7-17)18(22)21-10-8-20(9-11-21)13-16-2-3-16/h4-7,14,16H,2-3,8-11,13H2,1H3/t14-/m0/s1. The van der Waals surface area contributed by atoms with Gasteiger partial charge < -0.3 is 9.64 Å². The van der Waals surface area contributed by atoms with E-state index in [2.05, 4.69) is 11.0 Å². The molecule has 5 nitrogen and oxygen atoms in total. The Morgan fingerprint density at radius 3 is 2.48 bits per heavy atom. The topological polar surface area (TPSA) is 56.6 Å². The molecular weight excluding hydrogens is 290 g/mol. The highest BCUT2D eigenvalue weighted by molar-refractivity contribution is 5.81. The van der Waals surface area contributed by atoms with Crippen molar-refractivity contribution in [1.29, 1.82) is 5.26 Å². The molecule has 1 amide bonds. The van der Waals surface area contributed by atoms with Crippen LogP contribution in [0.4, 0.5) is 0 Å². The van der Waals surface area contributed by atoms with E-state index in [0.29, 0.717) is 11.3 Å². The number of benzene rings is 1. The first-order chi connectivity index (χ1) is 11.2. The molecule has 1 aromatic rings. The molecule has 0 aromatic heterocycles. The van der Waals surface area contributed by atoms with Crippen LogP contribution in [0.15, 0.2) is 24.3 Å². The molecule has 0 N–H and O–H groups in total. The van der Waals surface area contributed by atoms with E-state index in [-0.39, 0.29) is 5.91 Å². The van der Waals surface area contributed by atoms with Gasteiger partial charge in [-0.15, -0.1) is 0 Å². The smallest absolute Gasteiger partial charge is 0.263 e. The molecule has 2 fully saturated rings. The average Bonchev–Trinajstić information content (AvgIpc) is 3.39. The summed E-state index contributed by atoms with van der Waals surface area (Å²) in [6, 6.07) is 8.93. The highest BCUT2D eigenvalue weighted by Gasteiger charge is 2.29. The average molecular weight is 313 g/mol. The van der Waals surface area contributed by atoms with Crippen LogP contribution in [0.3, 0.4) is 0 Å². The number of amides is 1.